The lowest BCUT2D eigenvalue weighted by Crippen LogP contribution is -2.45. The molecule has 0 aromatic rings. The van der Waals surface area contributed by atoms with E-state index in [2.05, 4.69) is 19.2 Å². The van der Waals surface area contributed by atoms with Crippen LogP contribution in [0.5, 0.6) is 0 Å². The van der Waals surface area contributed by atoms with E-state index in [0.717, 1.165) is 38.5 Å². The molecule has 0 aliphatic rings. The van der Waals surface area contributed by atoms with Crippen molar-refractivity contribution in [1.29, 1.82) is 0 Å². The van der Waals surface area contributed by atoms with Crippen LogP contribution in [0.3, 0.4) is 0 Å². The van der Waals surface area contributed by atoms with Gasteiger partial charge in [0, 0.05) is 12.8 Å². The zero-order valence-corrected chi connectivity index (χ0v) is 52.7. The van der Waals surface area contributed by atoms with Crippen molar-refractivity contribution in [2.45, 2.75) is 431 Å². The van der Waals surface area contributed by atoms with Crippen LogP contribution >= 0.6 is 0 Å². The minimum absolute atomic E-state index is 0.0172. The van der Waals surface area contributed by atoms with Crippen molar-refractivity contribution in [2.24, 2.45) is 0 Å². The van der Waals surface area contributed by atoms with Gasteiger partial charge in [-0.05, 0) is 25.7 Å². The zero-order valence-electron chi connectivity index (χ0n) is 52.7. The maximum absolute atomic E-state index is 12.5. The van der Waals surface area contributed by atoms with Crippen LogP contribution in [0.15, 0.2) is 0 Å². The first-order chi connectivity index (χ1) is 38.0. The van der Waals surface area contributed by atoms with Crippen LogP contribution in [-0.4, -0.2) is 47.4 Å². The average Bonchev–Trinajstić information content (AvgIpc) is 3.43. The summed E-state index contributed by atoms with van der Waals surface area (Å²) >= 11 is 0. The Labute approximate surface area is 483 Å². The van der Waals surface area contributed by atoms with Crippen molar-refractivity contribution in [1.82, 2.24) is 5.32 Å². The lowest BCUT2D eigenvalue weighted by atomic mass is 10.0. The van der Waals surface area contributed by atoms with Crippen LogP contribution in [-0.2, 0) is 14.3 Å². The number of hydrogen-bond donors (Lipinski definition) is 3. The minimum Gasteiger partial charge on any atom is -0.466 e. The van der Waals surface area contributed by atoms with Gasteiger partial charge in [0.2, 0.25) is 5.91 Å². The summed E-state index contributed by atoms with van der Waals surface area (Å²) in [7, 11) is 0. The van der Waals surface area contributed by atoms with Gasteiger partial charge in [-0.25, -0.2) is 0 Å². The third-order valence-electron chi connectivity index (χ3n) is 17.2. The van der Waals surface area contributed by atoms with E-state index in [9.17, 15) is 19.8 Å². The number of rotatable bonds is 68. The smallest absolute Gasteiger partial charge is 0.305 e. The molecule has 0 aliphatic heterocycles. The molecule has 0 spiro atoms. The normalized spacial score (nSPS) is 12.4. The fourth-order valence-electron chi connectivity index (χ4n) is 11.7. The van der Waals surface area contributed by atoms with E-state index in [-0.39, 0.29) is 18.5 Å². The number of unbranched alkanes of at least 4 members (excludes halogenated alkanes) is 57. The highest BCUT2D eigenvalue weighted by atomic mass is 16.5. The number of aliphatic hydroxyl groups excluding tert-OH is 2. The van der Waals surface area contributed by atoms with E-state index in [4.69, 9.17) is 4.74 Å². The van der Waals surface area contributed by atoms with Crippen LogP contribution in [0.2, 0.25) is 0 Å². The van der Waals surface area contributed by atoms with Crippen LogP contribution in [0.25, 0.3) is 0 Å². The van der Waals surface area contributed by atoms with Crippen LogP contribution in [0.4, 0.5) is 0 Å². The fraction of sp³-hybridized carbons (Fsp3) is 0.972. The number of carbonyl (C=O) groups excluding carboxylic acids is 2. The number of esters is 1. The largest absolute Gasteiger partial charge is 0.466 e. The molecule has 0 saturated heterocycles. The Kier molecular flexibility index (Phi) is 66.4. The van der Waals surface area contributed by atoms with Gasteiger partial charge in [-0.3, -0.25) is 9.59 Å². The monoisotopic (exact) mass is 1090 g/mol. The SMILES string of the molecule is CCCCCCCCCCCCCCCCCCCCCCCC(O)C(CO)NC(=O)CCCCCCCCCCCCCCCCCCCCCCOC(=O)CCCCCCCCCCCCCCCCCCCCC. The molecule has 3 N–H and O–H groups in total. The summed E-state index contributed by atoms with van der Waals surface area (Å²) in [5.41, 5.74) is 0. The lowest BCUT2D eigenvalue weighted by molar-refractivity contribution is -0.143. The Balaban J connectivity index is 3.36. The average molecular weight is 1090 g/mol. The molecule has 0 heterocycles. The van der Waals surface area contributed by atoms with Gasteiger partial charge in [-0.2, -0.15) is 0 Å². The summed E-state index contributed by atoms with van der Waals surface area (Å²) < 4.78 is 5.51. The van der Waals surface area contributed by atoms with Gasteiger partial charge in [-0.15, -0.1) is 0 Å². The van der Waals surface area contributed by atoms with Crippen molar-refractivity contribution in [3.8, 4) is 0 Å². The number of carbonyl (C=O) groups is 2. The Morgan fingerprint density at radius 2 is 0.532 bits per heavy atom. The molecule has 6 heteroatoms. The molecule has 0 aromatic heterocycles. The molecule has 0 bridgehead atoms. The van der Waals surface area contributed by atoms with Crippen molar-refractivity contribution in [2.75, 3.05) is 13.2 Å². The molecule has 0 fully saturated rings. The maximum atomic E-state index is 12.5. The highest BCUT2D eigenvalue weighted by Crippen LogP contribution is 2.20. The number of ether oxygens (including phenoxy) is 1. The Morgan fingerprint density at radius 1 is 0.312 bits per heavy atom. The van der Waals surface area contributed by atoms with Crippen molar-refractivity contribution in [3.05, 3.63) is 0 Å². The highest BCUT2D eigenvalue weighted by Gasteiger charge is 2.20. The van der Waals surface area contributed by atoms with Crippen molar-refractivity contribution in [3.63, 3.8) is 0 Å². The molecule has 1 amide bonds. The number of hydrogen-bond acceptors (Lipinski definition) is 5. The number of aliphatic hydroxyl groups is 2. The summed E-state index contributed by atoms with van der Waals surface area (Å²) in [4.78, 5) is 24.7. The fourth-order valence-corrected chi connectivity index (χ4v) is 11.7. The second-order valence-corrected chi connectivity index (χ2v) is 24.9. The summed E-state index contributed by atoms with van der Waals surface area (Å²) in [5.74, 6) is -0.0140. The summed E-state index contributed by atoms with van der Waals surface area (Å²) in [6.45, 7) is 5.01. The molecule has 0 radical (unpaired) electrons. The molecule has 0 aromatic carbocycles. The quantitative estimate of drug-likeness (QED) is 0.0417. The standard InChI is InChI=1S/C71H141NO5/c1-3-5-7-9-11-13-15-17-19-21-23-24-28-31-35-39-43-47-51-55-59-63-69(74)68(67-73)72-70(75)64-60-56-52-48-44-40-36-32-29-25-26-30-34-38-42-46-50-54-58-62-66-77-71(76)65-61-57-53-49-45-41-37-33-27-22-20-18-16-14-12-10-8-6-4-2/h68-69,73-74H,3-67H2,1-2H3,(H,72,75). The third kappa shape index (κ3) is 63.9. The molecule has 6 nitrogen and oxygen atoms in total. The Morgan fingerprint density at radius 3 is 0.792 bits per heavy atom. The second kappa shape index (κ2) is 67.4. The van der Waals surface area contributed by atoms with E-state index in [1.54, 1.807) is 0 Å². The molecule has 2 unspecified atom stereocenters. The predicted molar refractivity (Wildman–Crippen MR) is 338 cm³/mol. The van der Waals surface area contributed by atoms with E-state index < -0.39 is 12.1 Å². The number of nitrogens with one attached hydrogen (secondary N) is 1. The van der Waals surface area contributed by atoms with Crippen LogP contribution in [0.1, 0.15) is 418 Å². The van der Waals surface area contributed by atoms with Crippen molar-refractivity contribution < 1.29 is 24.5 Å². The van der Waals surface area contributed by atoms with Gasteiger partial charge in [0.05, 0.1) is 25.4 Å². The van der Waals surface area contributed by atoms with Gasteiger partial charge in [0.25, 0.3) is 0 Å². The van der Waals surface area contributed by atoms with Gasteiger partial charge in [0.15, 0.2) is 0 Å². The molecule has 460 valence electrons. The van der Waals surface area contributed by atoms with Crippen LogP contribution < -0.4 is 5.32 Å². The van der Waals surface area contributed by atoms with E-state index in [0.29, 0.717) is 25.9 Å². The molecule has 77 heavy (non-hydrogen) atoms. The first-order valence-electron chi connectivity index (χ1n) is 35.8. The minimum atomic E-state index is -0.666. The topological polar surface area (TPSA) is 95.9 Å². The molecule has 2 atom stereocenters. The molecular weight excluding hydrogens is 947 g/mol. The summed E-state index contributed by atoms with van der Waals surface area (Å²) in [6, 6.07) is -0.543. The highest BCUT2D eigenvalue weighted by molar-refractivity contribution is 5.76. The van der Waals surface area contributed by atoms with Gasteiger partial charge >= 0.3 is 5.97 Å². The molecular formula is C71H141NO5. The van der Waals surface area contributed by atoms with Crippen molar-refractivity contribution >= 4 is 11.9 Å². The van der Waals surface area contributed by atoms with Gasteiger partial charge < -0.3 is 20.3 Å². The first-order valence-corrected chi connectivity index (χ1v) is 35.8. The zero-order chi connectivity index (χ0) is 55.7. The summed E-state index contributed by atoms with van der Waals surface area (Å²) in [5, 5.41) is 23.4. The van der Waals surface area contributed by atoms with Gasteiger partial charge in [-0.1, -0.05) is 380 Å². The first kappa shape index (κ1) is 75.9. The van der Waals surface area contributed by atoms with E-state index >= 15 is 0 Å². The molecule has 0 rings (SSSR count). The number of amides is 1. The van der Waals surface area contributed by atoms with E-state index in [1.807, 2.05) is 0 Å². The molecule has 0 aliphatic carbocycles. The lowest BCUT2D eigenvalue weighted by Gasteiger charge is -2.22. The third-order valence-corrected chi connectivity index (χ3v) is 17.2. The summed E-state index contributed by atoms with van der Waals surface area (Å²) in [6.07, 6.45) is 81.4. The predicted octanol–water partition coefficient (Wildman–Crippen LogP) is 23.0. The molecule has 0 saturated carbocycles. The van der Waals surface area contributed by atoms with Gasteiger partial charge in [0.1, 0.15) is 0 Å². The Hall–Kier alpha value is -1.14. The maximum Gasteiger partial charge on any atom is 0.305 e. The Bertz CT molecular complexity index is 1120. The second-order valence-electron chi connectivity index (χ2n) is 24.9. The van der Waals surface area contributed by atoms with E-state index in [1.165, 1.54) is 347 Å². The van der Waals surface area contributed by atoms with Crippen LogP contribution in [0, 0.1) is 0 Å².